The Labute approximate surface area is 200 Å². The van der Waals surface area contributed by atoms with Crippen molar-refractivity contribution in [1.29, 1.82) is 0 Å². The molecule has 180 valence electrons. The molecule has 0 aromatic carbocycles. The van der Waals surface area contributed by atoms with Gasteiger partial charge in [-0.2, -0.15) is 4.68 Å². The lowest BCUT2D eigenvalue weighted by molar-refractivity contribution is -0.389. The van der Waals surface area contributed by atoms with Gasteiger partial charge in [-0.1, -0.05) is 11.8 Å². The van der Waals surface area contributed by atoms with Gasteiger partial charge in [-0.3, -0.25) is 14.5 Å². The van der Waals surface area contributed by atoms with Gasteiger partial charge in [0, 0.05) is 18.6 Å². The summed E-state index contributed by atoms with van der Waals surface area (Å²) >= 11 is 2.60. The van der Waals surface area contributed by atoms with Crippen molar-refractivity contribution in [2.45, 2.75) is 36.5 Å². The Balaban J connectivity index is 1.46. The van der Waals surface area contributed by atoms with Crippen LogP contribution in [0.2, 0.25) is 0 Å². The highest BCUT2D eigenvalue weighted by Crippen LogP contribution is 2.41. The number of carboxylic acid groups (broad SMARTS) is 1. The average Bonchev–Trinajstić information content (AvgIpc) is 3.39. The number of rotatable bonds is 8. The van der Waals surface area contributed by atoms with Gasteiger partial charge in [-0.15, -0.1) is 16.9 Å². The number of hydrogen-bond donors (Lipinski definition) is 2. The van der Waals surface area contributed by atoms with E-state index in [4.69, 9.17) is 0 Å². The normalized spacial score (nSPS) is 20.6. The van der Waals surface area contributed by atoms with E-state index >= 15 is 0 Å². The molecular weight excluding hydrogens is 490 g/mol. The summed E-state index contributed by atoms with van der Waals surface area (Å²) in [6.07, 6.45) is 0. The summed E-state index contributed by atoms with van der Waals surface area (Å²) in [5, 5.41) is 38.2. The van der Waals surface area contributed by atoms with Crippen molar-refractivity contribution in [2.24, 2.45) is 7.05 Å². The first-order valence-electron chi connectivity index (χ1n) is 9.86. The van der Waals surface area contributed by atoms with Crippen molar-refractivity contribution >= 4 is 47.1 Å². The molecule has 2 amide bonds. The third kappa shape index (κ3) is 4.11. The highest BCUT2D eigenvalue weighted by molar-refractivity contribution is 8.01. The summed E-state index contributed by atoms with van der Waals surface area (Å²) in [6, 6.07) is -0.583. The third-order valence-corrected chi connectivity index (χ3v) is 7.78. The predicted molar refractivity (Wildman–Crippen MR) is 118 cm³/mol. The second-order valence-electron chi connectivity index (χ2n) is 7.55. The molecule has 0 aliphatic carbocycles. The van der Waals surface area contributed by atoms with Crippen LogP contribution in [0.4, 0.5) is 5.82 Å². The molecule has 1 saturated heterocycles. The molecule has 4 heterocycles. The molecule has 34 heavy (non-hydrogen) atoms. The fourth-order valence-corrected chi connectivity index (χ4v) is 5.96. The lowest BCUT2D eigenvalue weighted by Gasteiger charge is -2.49. The predicted octanol–water partition coefficient (Wildman–Crippen LogP) is -0.285. The number of carbonyl (C=O) groups excluding carboxylic acids is 2. The Morgan fingerprint density at radius 2 is 2.21 bits per heavy atom. The number of thioether (sulfide) groups is 2. The van der Waals surface area contributed by atoms with Crippen molar-refractivity contribution in [3.05, 3.63) is 33.1 Å². The summed E-state index contributed by atoms with van der Waals surface area (Å²) in [5.41, 5.74) is 0.862. The van der Waals surface area contributed by atoms with Crippen molar-refractivity contribution in [3.63, 3.8) is 0 Å². The number of aromatic nitrogens is 6. The summed E-state index contributed by atoms with van der Waals surface area (Å²) < 4.78 is 2.67. The second-order valence-corrected chi connectivity index (χ2v) is 9.60. The number of aliphatic carboxylic acids is 1. The van der Waals surface area contributed by atoms with E-state index in [0.717, 1.165) is 0 Å². The number of hydrogen-bond acceptors (Lipinski definition) is 11. The van der Waals surface area contributed by atoms with Gasteiger partial charge in [0.15, 0.2) is 0 Å². The molecule has 0 unspecified atom stereocenters. The molecule has 0 saturated carbocycles. The lowest BCUT2D eigenvalue weighted by atomic mass is 10.0. The number of tetrazole rings is 1. The second kappa shape index (κ2) is 9.05. The van der Waals surface area contributed by atoms with Crippen LogP contribution in [0.25, 0.3) is 0 Å². The number of carboxylic acids is 1. The maximum absolute atomic E-state index is 12.8. The number of nitro groups is 1. The van der Waals surface area contributed by atoms with Crippen LogP contribution in [-0.2, 0) is 21.4 Å². The monoisotopic (exact) mass is 509 g/mol. The number of nitrogens with zero attached hydrogens (tertiary/aromatic N) is 8. The molecule has 17 heteroatoms. The van der Waals surface area contributed by atoms with E-state index in [1.165, 1.54) is 50.8 Å². The molecule has 2 aromatic rings. The minimum absolute atomic E-state index is 0.103. The smallest absolute Gasteiger partial charge is 0.390 e. The van der Waals surface area contributed by atoms with Crippen LogP contribution in [0.1, 0.15) is 18.7 Å². The fraction of sp³-hybridized carbons (Fsp3) is 0.471. The number of nitrogens with one attached hydrogen (secondary N) is 1. The van der Waals surface area contributed by atoms with Crippen molar-refractivity contribution in [3.8, 4) is 0 Å². The Morgan fingerprint density at radius 3 is 2.79 bits per heavy atom. The molecule has 4 rings (SSSR count). The van der Waals surface area contributed by atoms with Gasteiger partial charge >= 0.3 is 11.8 Å². The molecule has 1 fully saturated rings. The maximum atomic E-state index is 12.8. The van der Waals surface area contributed by atoms with Crippen LogP contribution in [0.3, 0.4) is 0 Å². The number of amides is 2. The molecule has 2 N–H and O–H groups in total. The largest absolute Gasteiger partial charge is 0.477 e. The number of fused-ring (bicyclic) bond motifs is 1. The minimum Gasteiger partial charge on any atom is -0.477 e. The summed E-state index contributed by atoms with van der Waals surface area (Å²) in [4.78, 5) is 49.1. The first kappa shape index (κ1) is 23.7. The Bertz CT molecular complexity index is 1220. The zero-order chi connectivity index (χ0) is 24.7. The molecule has 0 radical (unpaired) electrons. The molecule has 0 spiro atoms. The molecule has 2 aliphatic heterocycles. The van der Waals surface area contributed by atoms with Crippen LogP contribution in [-0.4, -0.2) is 85.6 Å². The number of carbonyl (C=O) groups is 3. The summed E-state index contributed by atoms with van der Waals surface area (Å²) in [6.45, 7) is 3.09. The Hall–Kier alpha value is -3.47. The standard InChI is InChI=1S/C17H19N9O6S2/c1-7-4-10(26(31)32)20-25(7)8(2)13(27)18-11-14(28)24-12(16(29)30)9(5-33-15(11)24)6-34-17-19-21-22-23(17)3/h4,8,11,15H,5-6H2,1-3H3,(H,18,27)(H,29,30)/t8-,11+,15-/m1/s1. The van der Waals surface area contributed by atoms with Gasteiger partial charge in [-0.05, 0) is 34.8 Å². The Morgan fingerprint density at radius 1 is 1.47 bits per heavy atom. The SMILES string of the molecule is Cc1cc([N+](=O)[O-])nn1[C@H](C)C(=O)N[C@H]1C(=O)N2C(C(=O)O)=C(CSc3nnnn3C)CS[C@H]12. The topological polar surface area (TPSA) is 191 Å². The van der Waals surface area contributed by atoms with Crippen LogP contribution >= 0.6 is 23.5 Å². The van der Waals surface area contributed by atoms with Crippen LogP contribution in [0.15, 0.2) is 22.5 Å². The van der Waals surface area contributed by atoms with Gasteiger partial charge in [0.1, 0.15) is 23.2 Å². The van der Waals surface area contributed by atoms with Crippen molar-refractivity contribution in [2.75, 3.05) is 11.5 Å². The van der Waals surface area contributed by atoms with Crippen LogP contribution in [0.5, 0.6) is 0 Å². The van der Waals surface area contributed by atoms with Crippen LogP contribution in [0, 0.1) is 17.0 Å². The van der Waals surface area contributed by atoms with Gasteiger partial charge < -0.3 is 20.5 Å². The van der Waals surface area contributed by atoms with E-state index in [1.54, 1.807) is 14.0 Å². The quantitative estimate of drug-likeness (QED) is 0.205. The highest BCUT2D eigenvalue weighted by Gasteiger charge is 2.54. The maximum Gasteiger partial charge on any atom is 0.390 e. The van der Waals surface area contributed by atoms with Gasteiger partial charge in [0.25, 0.3) is 5.91 Å². The molecule has 15 nitrogen and oxygen atoms in total. The Kier molecular flexibility index (Phi) is 6.30. The van der Waals surface area contributed by atoms with E-state index in [2.05, 4.69) is 25.9 Å². The van der Waals surface area contributed by atoms with E-state index < -0.39 is 40.2 Å². The van der Waals surface area contributed by atoms with Crippen LogP contribution < -0.4 is 5.32 Å². The average molecular weight is 510 g/mol. The molecule has 3 atom stereocenters. The first-order valence-corrected chi connectivity index (χ1v) is 11.9. The summed E-state index contributed by atoms with van der Waals surface area (Å²) in [7, 11) is 1.66. The molecule has 0 bridgehead atoms. The third-order valence-electron chi connectivity index (χ3n) is 5.35. The minimum atomic E-state index is -1.23. The van der Waals surface area contributed by atoms with E-state index in [1.807, 2.05) is 0 Å². The lowest BCUT2D eigenvalue weighted by Crippen LogP contribution is -2.71. The van der Waals surface area contributed by atoms with Crippen molar-refractivity contribution in [1.82, 2.24) is 40.2 Å². The van der Waals surface area contributed by atoms with E-state index in [0.29, 0.717) is 22.2 Å². The zero-order valence-electron chi connectivity index (χ0n) is 18.1. The van der Waals surface area contributed by atoms with Crippen molar-refractivity contribution < 1.29 is 24.4 Å². The first-order chi connectivity index (χ1) is 16.1. The zero-order valence-corrected chi connectivity index (χ0v) is 19.7. The number of β-lactam (4-membered cyclic amide) rings is 1. The van der Waals surface area contributed by atoms with E-state index in [9.17, 15) is 29.6 Å². The van der Waals surface area contributed by atoms with Gasteiger partial charge in [0.05, 0.1) is 16.9 Å². The van der Waals surface area contributed by atoms with Gasteiger partial charge in [0.2, 0.25) is 11.1 Å². The van der Waals surface area contributed by atoms with E-state index in [-0.39, 0.29) is 17.3 Å². The molecular formula is C17H19N9O6S2. The number of aryl methyl sites for hydroxylation is 2. The van der Waals surface area contributed by atoms with Gasteiger partial charge in [-0.25, -0.2) is 9.48 Å². The fourth-order valence-electron chi connectivity index (χ4n) is 3.63. The summed E-state index contributed by atoms with van der Waals surface area (Å²) in [5.74, 6) is -2.09. The molecule has 2 aromatic heterocycles. The molecule has 2 aliphatic rings. The highest BCUT2D eigenvalue weighted by atomic mass is 32.2.